The number of hydrogen-bond donors (Lipinski definition) is 2. The first-order chi connectivity index (χ1) is 16.4. The fourth-order valence-electron chi connectivity index (χ4n) is 6.75. The predicted molar refractivity (Wildman–Crippen MR) is 131 cm³/mol. The van der Waals surface area contributed by atoms with Gasteiger partial charge in [0.25, 0.3) is 5.91 Å². The summed E-state index contributed by atoms with van der Waals surface area (Å²) < 4.78 is 0. The zero-order valence-corrected chi connectivity index (χ0v) is 19.8. The molecule has 2 N–H and O–H groups in total. The molecule has 6 rings (SSSR count). The fraction of sp³-hybridized carbons (Fsp3) is 0.464. The summed E-state index contributed by atoms with van der Waals surface area (Å²) in [6, 6.07) is 16.5. The molecule has 4 bridgehead atoms. The van der Waals surface area contributed by atoms with Crippen LogP contribution >= 0.6 is 0 Å². The maximum atomic E-state index is 13.2. The average molecular weight is 460 g/mol. The predicted octanol–water partition coefficient (Wildman–Crippen LogP) is 4.23. The van der Waals surface area contributed by atoms with Crippen molar-refractivity contribution in [2.24, 2.45) is 23.2 Å². The molecule has 6 heteroatoms. The third kappa shape index (κ3) is 4.72. The van der Waals surface area contributed by atoms with Gasteiger partial charge in [0.15, 0.2) is 0 Å². The van der Waals surface area contributed by atoms with Crippen LogP contribution < -0.4 is 10.6 Å². The number of rotatable bonds is 7. The van der Waals surface area contributed by atoms with E-state index in [1.807, 2.05) is 30.3 Å². The van der Waals surface area contributed by atoms with Gasteiger partial charge in [0.05, 0.1) is 6.54 Å². The monoisotopic (exact) mass is 459 g/mol. The first-order valence-electron chi connectivity index (χ1n) is 12.4. The molecule has 0 heterocycles. The van der Waals surface area contributed by atoms with Crippen molar-refractivity contribution in [3.8, 4) is 0 Å². The topological polar surface area (TPSA) is 78.5 Å². The summed E-state index contributed by atoms with van der Waals surface area (Å²) in [7, 11) is 1.62. The first-order valence-corrected chi connectivity index (χ1v) is 12.4. The van der Waals surface area contributed by atoms with Crippen LogP contribution in [0.4, 0.5) is 5.69 Å². The van der Waals surface area contributed by atoms with Crippen molar-refractivity contribution in [1.82, 2.24) is 10.2 Å². The molecule has 0 radical (unpaired) electrons. The summed E-state index contributed by atoms with van der Waals surface area (Å²) in [5, 5.41) is 5.98. The van der Waals surface area contributed by atoms with Crippen molar-refractivity contribution in [2.75, 3.05) is 18.9 Å². The van der Waals surface area contributed by atoms with Gasteiger partial charge in [-0.3, -0.25) is 14.4 Å². The molecule has 6 nitrogen and oxygen atoms in total. The third-order valence-corrected chi connectivity index (χ3v) is 7.96. The van der Waals surface area contributed by atoms with E-state index < -0.39 is 0 Å². The van der Waals surface area contributed by atoms with Crippen LogP contribution in [0.3, 0.4) is 0 Å². The molecule has 4 aliphatic rings. The quantitative estimate of drug-likeness (QED) is 0.650. The number of nitrogens with zero attached hydrogens (tertiary/aromatic N) is 1. The second-order valence-electron chi connectivity index (χ2n) is 10.7. The van der Waals surface area contributed by atoms with E-state index in [1.54, 1.807) is 31.3 Å². The fourth-order valence-corrected chi connectivity index (χ4v) is 6.75. The Bertz CT molecular complexity index is 1030. The Morgan fingerprint density at radius 1 is 0.882 bits per heavy atom. The zero-order valence-electron chi connectivity index (χ0n) is 19.8. The van der Waals surface area contributed by atoms with Gasteiger partial charge in [-0.25, -0.2) is 0 Å². The van der Waals surface area contributed by atoms with Crippen LogP contribution in [-0.4, -0.2) is 36.2 Å². The molecule has 4 fully saturated rings. The van der Waals surface area contributed by atoms with Gasteiger partial charge in [0, 0.05) is 30.3 Å². The number of benzene rings is 2. The Kier molecular flexibility index (Phi) is 6.15. The summed E-state index contributed by atoms with van der Waals surface area (Å²) in [6.45, 7) is 0.445. The molecule has 178 valence electrons. The van der Waals surface area contributed by atoms with Gasteiger partial charge in [-0.05, 0) is 86.1 Å². The van der Waals surface area contributed by atoms with Crippen LogP contribution in [0.5, 0.6) is 0 Å². The van der Waals surface area contributed by atoms with E-state index in [9.17, 15) is 14.4 Å². The van der Waals surface area contributed by atoms with Gasteiger partial charge in [-0.2, -0.15) is 0 Å². The van der Waals surface area contributed by atoms with Crippen molar-refractivity contribution in [3.05, 3.63) is 65.7 Å². The summed E-state index contributed by atoms with van der Waals surface area (Å²) in [6.07, 6.45) is 7.15. The Labute approximate surface area is 201 Å². The van der Waals surface area contributed by atoms with E-state index in [0.29, 0.717) is 17.8 Å². The highest BCUT2D eigenvalue weighted by Gasteiger charge is 2.54. The van der Waals surface area contributed by atoms with Gasteiger partial charge >= 0.3 is 0 Å². The van der Waals surface area contributed by atoms with Crippen molar-refractivity contribution in [3.63, 3.8) is 0 Å². The Morgan fingerprint density at radius 2 is 1.47 bits per heavy atom. The highest BCUT2D eigenvalue weighted by molar-refractivity contribution is 5.99. The van der Waals surface area contributed by atoms with Crippen LogP contribution in [0.1, 0.15) is 54.4 Å². The standard InChI is InChI=1S/C28H33N3O3/c1-31(18-25(32)30-24-5-3-2-4-6-24)26(33)23-9-7-19(8-10-23)17-29-27(34)28-14-20-11-21(15-28)13-22(12-20)16-28/h2-10,20-22H,11-18H2,1H3,(H,29,34)(H,30,32). The number of nitrogens with one attached hydrogen (secondary N) is 2. The minimum Gasteiger partial charge on any atom is -0.352 e. The van der Waals surface area contributed by atoms with Crippen LogP contribution in [0.2, 0.25) is 0 Å². The number of para-hydroxylation sites is 1. The molecule has 4 saturated carbocycles. The van der Waals surface area contributed by atoms with Gasteiger partial charge in [-0.1, -0.05) is 30.3 Å². The SMILES string of the molecule is CN(CC(=O)Nc1ccccc1)C(=O)c1ccc(CNC(=O)C23CC4CC(CC(C4)C2)C3)cc1. The second-order valence-corrected chi connectivity index (χ2v) is 10.7. The molecule has 0 saturated heterocycles. The summed E-state index contributed by atoms with van der Waals surface area (Å²) in [4.78, 5) is 39.6. The lowest BCUT2D eigenvalue weighted by Gasteiger charge is -2.55. The molecule has 3 amide bonds. The minimum absolute atomic E-state index is 0.0311. The van der Waals surface area contributed by atoms with E-state index in [0.717, 1.165) is 42.6 Å². The number of likely N-dealkylation sites (N-methyl/N-ethyl adjacent to an activating group) is 1. The Balaban J connectivity index is 1.13. The number of carbonyl (C=O) groups is 3. The molecular formula is C28H33N3O3. The zero-order chi connectivity index (χ0) is 23.7. The van der Waals surface area contributed by atoms with Gasteiger partial charge < -0.3 is 15.5 Å². The lowest BCUT2D eigenvalue weighted by molar-refractivity contribution is -0.146. The summed E-state index contributed by atoms with van der Waals surface area (Å²) in [5.74, 6) is 1.99. The van der Waals surface area contributed by atoms with E-state index in [-0.39, 0.29) is 29.7 Å². The van der Waals surface area contributed by atoms with Crippen molar-refractivity contribution >= 4 is 23.4 Å². The highest BCUT2D eigenvalue weighted by atomic mass is 16.2. The molecule has 2 aromatic rings. The van der Waals surface area contributed by atoms with E-state index >= 15 is 0 Å². The lowest BCUT2D eigenvalue weighted by atomic mass is 9.49. The lowest BCUT2D eigenvalue weighted by Crippen LogP contribution is -2.53. The molecule has 0 unspecified atom stereocenters. The smallest absolute Gasteiger partial charge is 0.254 e. The van der Waals surface area contributed by atoms with Crippen molar-refractivity contribution in [2.45, 2.75) is 45.1 Å². The van der Waals surface area contributed by atoms with Crippen molar-refractivity contribution in [1.29, 1.82) is 0 Å². The molecule has 4 aliphatic carbocycles. The minimum atomic E-state index is -0.244. The third-order valence-electron chi connectivity index (χ3n) is 7.96. The average Bonchev–Trinajstić information content (AvgIpc) is 2.82. The van der Waals surface area contributed by atoms with Crippen LogP contribution in [0, 0.1) is 23.2 Å². The van der Waals surface area contributed by atoms with Crippen LogP contribution in [0.25, 0.3) is 0 Å². The number of hydrogen-bond acceptors (Lipinski definition) is 3. The van der Waals surface area contributed by atoms with Gasteiger partial charge in [-0.15, -0.1) is 0 Å². The second kappa shape index (κ2) is 9.24. The van der Waals surface area contributed by atoms with Crippen molar-refractivity contribution < 1.29 is 14.4 Å². The highest BCUT2D eigenvalue weighted by Crippen LogP contribution is 2.60. The first kappa shape index (κ1) is 22.6. The molecular weight excluding hydrogens is 426 g/mol. The maximum absolute atomic E-state index is 13.2. The number of carbonyl (C=O) groups excluding carboxylic acids is 3. The van der Waals surface area contributed by atoms with Crippen LogP contribution in [-0.2, 0) is 16.1 Å². The van der Waals surface area contributed by atoms with Crippen LogP contribution in [0.15, 0.2) is 54.6 Å². The molecule has 0 spiro atoms. The van der Waals surface area contributed by atoms with E-state index in [1.165, 1.54) is 24.2 Å². The van der Waals surface area contributed by atoms with Gasteiger partial charge in [0.1, 0.15) is 0 Å². The maximum Gasteiger partial charge on any atom is 0.254 e. The van der Waals surface area contributed by atoms with E-state index in [2.05, 4.69) is 10.6 Å². The molecule has 0 atom stereocenters. The molecule has 2 aromatic carbocycles. The van der Waals surface area contributed by atoms with Gasteiger partial charge in [0.2, 0.25) is 11.8 Å². The number of amides is 3. The molecule has 0 aromatic heterocycles. The Morgan fingerprint density at radius 3 is 2.06 bits per heavy atom. The molecule has 0 aliphatic heterocycles. The largest absolute Gasteiger partial charge is 0.352 e. The molecule has 34 heavy (non-hydrogen) atoms. The number of anilines is 1. The summed E-state index contributed by atoms with van der Waals surface area (Å²) in [5.41, 5.74) is 2.05. The Hall–Kier alpha value is -3.15. The normalized spacial score (nSPS) is 26.7. The summed E-state index contributed by atoms with van der Waals surface area (Å²) >= 11 is 0. The van der Waals surface area contributed by atoms with E-state index in [4.69, 9.17) is 0 Å².